The molecule has 21 heavy (non-hydrogen) atoms. The standard InChI is InChI=1S/C17H21NO3/c1-12(2)14-6-8-15(9-7-14)21-11-13(3)18-17(19)16-5-4-10-20-16/h4-10,12-13H,11H2,1-3H3,(H,18,19)/t13-/m0/s1. The van der Waals surface area contributed by atoms with Gasteiger partial charge < -0.3 is 14.5 Å². The molecule has 1 aromatic heterocycles. The second-order valence-corrected chi connectivity index (χ2v) is 5.39. The van der Waals surface area contributed by atoms with Gasteiger partial charge in [-0.15, -0.1) is 0 Å². The lowest BCUT2D eigenvalue weighted by atomic mass is 10.0. The van der Waals surface area contributed by atoms with Gasteiger partial charge in [0.2, 0.25) is 0 Å². The van der Waals surface area contributed by atoms with Gasteiger partial charge in [0, 0.05) is 0 Å². The van der Waals surface area contributed by atoms with Crippen molar-refractivity contribution in [1.29, 1.82) is 0 Å². The van der Waals surface area contributed by atoms with Crippen molar-refractivity contribution in [2.75, 3.05) is 6.61 Å². The molecule has 0 saturated carbocycles. The maximum absolute atomic E-state index is 11.8. The first-order valence-electron chi connectivity index (χ1n) is 7.13. The van der Waals surface area contributed by atoms with Gasteiger partial charge in [-0.25, -0.2) is 0 Å². The van der Waals surface area contributed by atoms with E-state index in [1.165, 1.54) is 11.8 Å². The zero-order valence-corrected chi connectivity index (χ0v) is 12.6. The van der Waals surface area contributed by atoms with Crippen LogP contribution in [0, 0.1) is 0 Å². The van der Waals surface area contributed by atoms with Crippen LogP contribution in [0.15, 0.2) is 47.1 Å². The molecule has 1 heterocycles. The van der Waals surface area contributed by atoms with E-state index < -0.39 is 0 Å². The Morgan fingerprint density at radius 1 is 1.19 bits per heavy atom. The topological polar surface area (TPSA) is 51.5 Å². The Morgan fingerprint density at radius 3 is 2.48 bits per heavy atom. The molecule has 1 atom stereocenters. The maximum atomic E-state index is 11.8. The van der Waals surface area contributed by atoms with Crippen LogP contribution in [0.1, 0.15) is 42.8 Å². The fourth-order valence-corrected chi connectivity index (χ4v) is 1.91. The minimum Gasteiger partial charge on any atom is -0.491 e. The van der Waals surface area contributed by atoms with Crippen molar-refractivity contribution < 1.29 is 13.9 Å². The predicted octanol–water partition coefficient (Wildman–Crippen LogP) is 3.60. The van der Waals surface area contributed by atoms with E-state index in [0.717, 1.165) is 5.75 Å². The first-order chi connectivity index (χ1) is 10.1. The summed E-state index contributed by atoms with van der Waals surface area (Å²) < 4.78 is 10.7. The molecule has 0 fully saturated rings. The highest BCUT2D eigenvalue weighted by Gasteiger charge is 2.12. The van der Waals surface area contributed by atoms with Crippen molar-refractivity contribution in [1.82, 2.24) is 5.32 Å². The van der Waals surface area contributed by atoms with Crippen molar-refractivity contribution in [2.24, 2.45) is 0 Å². The molecular weight excluding hydrogens is 266 g/mol. The second-order valence-electron chi connectivity index (χ2n) is 5.39. The smallest absolute Gasteiger partial charge is 0.287 e. The van der Waals surface area contributed by atoms with Gasteiger partial charge in [0.05, 0.1) is 12.3 Å². The van der Waals surface area contributed by atoms with E-state index in [1.54, 1.807) is 12.1 Å². The lowest BCUT2D eigenvalue weighted by molar-refractivity contribution is 0.0898. The molecule has 0 saturated heterocycles. The van der Waals surface area contributed by atoms with Crippen molar-refractivity contribution >= 4 is 5.91 Å². The van der Waals surface area contributed by atoms with Crippen molar-refractivity contribution in [3.8, 4) is 5.75 Å². The summed E-state index contributed by atoms with van der Waals surface area (Å²) in [5.41, 5.74) is 1.28. The van der Waals surface area contributed by atoms with Crippen molar-refractivity contribution in [2.45, 2.75) is 32.7 Å². The molecule has 0 unspecified atom stereocenters. The molecule has 112 valence electrons. The van der Waals surface area contributed by atoms with Gasteiger partial charge in [0.15, 0.2) is 5.76 Å². The Kier molecular flexibility index (Phi) is 5.04. The van der Waals surface area contributed by atoms with Crippen LogP contribution in [0.25, 0.3) is 0 Å². The van der Waals surface area contributed by atoms with E-state index in [9.17, 15) is 4.79 Å². The number of hydrogen-bond donors (Lipinski definition) is 1. The van der Waals surface area contributed by atoms with E-state index in [-0.39, 0.29) is 11.9 Å². The third-order valence-electron chi connectivity index (χ3n) is 3.17. The molecule has 0 aliphatic carbocycles. The highest BCUT2D eigenvalue weighted by atomic mass is 16.5. The Hall–Kier alpha value is -2.23. The Balaban J connectivity index is 1.81. The first kappa shape index (κ1) is 15.2. The van der Waals surface area contributed by atoms with Gasteiger partial charge >= 0.3 is 0 Å². The quantitative estimate of drug-likeness (QED) is 0.883. The molecule has 2 rings (SSSR count). The molecule has 1 aromatic carbocycles. The summed E-state index contributed by atoms with van der Waals surface area (Å²) in [6.07, 6.45) is 1.48. The zero-order valence-electron chi connectivity index (χ0n) is 12.6. The molecule has 2 aromatic rings. The Morgan fingerprint density at radius 2 is 1.90 bits per heavy atom. The summed E-state index contributed by atoms with van der Waals surface area (Å²) in [6.45, 7) is 6.61. The van der Waals surface area contributed by atoms with Gasteiger partial charge in [-0.3, -0.25) is 4.79 Å². The molecule has 0 spiro atoms. The number of hydrogen-bond acceptors (Lipinski definition) is 3. The summed E-state index contributed by atoms with van der Waals surface area (Å²) in [7, 11) is 0. The minimum absolute atomic E-state index is 0.104. The van der Waals surface area contributed by atoms with Crippen LogP contribution < -0.4 is 10.1 Å². The lowest BCUT2D eigenvalue weighted by Crippen LogP contribution is -2.36. The molecular formula is C17H21NO3. The normalized spacial score (nSPS) is 12.2. The number of benzene rings is 1. The Labute approximate surface area is 125 Å². The lowest BCUT2D eigenvalue weighted by Gasteiger charge is -2.15. The molecule has 1 N–H and O–H groups in total. The fourth-order valence-electron chi connectivity index (χ4n) is 1.91. The number of nitrogens with one attached hydrogen (secondary N) is 1. The molecule has 0 aliphatic rings. The minimum atomic E-state index is -0.230. The number of carbonyl (C=O) groups excluding carboxylic acids is 1. The Bertz CT molecular complexity index is 558. The SMILES string of the molecule is CC(C)c1ccc(OC[C@H](C)NC(=O)c2ccco2)cc1. The van der Waals surface area contributed by atoms with Crippen molar-refractivity contribution in [3.63, 3.8) is 0 Å². The molecule has 1 amide bonds. The second kappa shape index (κ2) is 6.97. The number of ether oxygens (including phenoxy) is 1. The monoisotopic (exact) mass is 287 g/mol. The van der Waals surface area contributed by atoms with Crippen LogP contribution in [-0.2, 0) is 0 Å². The third kappa shape index (κ3) is 4.38. The summed E-state index contributed by atoms with van der Waals surface area (Å²) in [5.74, 6) is 1.39. The molecule has 0 aliphatic heterocycles. The number of amides is 1. The summed E-state index contributed by atoms with van der Waals surface area (Å²) >= 11 is 0. The predicted molar refractivity (Wildman–Crippen MR) is 81.7 cm³/mol. The number of furan rings is 1. The van der Waals surface area contributed by atoms with Crippen LogP contribution in [0.3, 0.4) is 0 Å². The molecule has 4 nitrogen and oxygen atoms in total. The zero-order chi connectivity index (χ0) is 15.2. The largest absolute Gasteiger partial charge is 0.491 e. The van der Waals surface area contributed by atoms with Gasteiger partial charge in [-0.1, -0.05) is 26.0 Å². The first-order valence-corrected chi connectivity index (χ1v) is 7.13. The summed E-state index contributed by atoms with van der Waals surface area (Å²) in [6, 6.07) is 11.2. The third-order valence-corrected chi connectivity index (χ3v) is 3.17. The maximum Gasteiger partial charge on any atom is 0.287 e. The van der Waals surface area contributed by atoms with Crippen LogP contribution in [-0.4, -0.2) is 18.6 Å². The van der Waals surface area contributed by atoms with Crippen LogP contribution >= 0.6 is 0 Å². The summed E-state index contributed by atoms with van der Waals surface area (Å²) in [4.78, 5) is 11.8. The summed E-state index contributed by atoms with van der Waals surface area (Å²) in [5, 5.41) is 2.82. The highest BCUT2D eigenvalue weighted by Crippen LogP contribution is 2.18. The average Bonchev–Trinajstić information content (AvgIpc) is 3.00. The number of rotatable bonds is 6. The highest BCUT2D eigenvalue weighted by molar-refractivity contribution is 5.91. The van der Waals surface area contributed by atoms with E-state index in [0.29, 0.717) is 18.3 Å². The van der Waals surface area contributed by atoms with Gasteiger partial charge in [-0.05, 0) is 42.7 Å². The van der Waals surface area contributed by atoms with E-state index in [1.807, 2.05) is 19.1 Å². The van der Waals surface area contributed by atoms with E-state index in [4.69, 9.17) is 9.15 Å². The van der Waals surface area contributed by atoms with Crippen LogP contribution in [0.5, 0.6) is 5.75 Å². The van der Waals surface area contributed by atoms with Gasteiger partial charge in [0.25, 0.3) is 5.91 Å². The van der Waals surface area contributed by atoms with Crippen LogP contribution in [0.2, 0.25) is 0 Å². The van der Waals surface area contributed by atoms with E-state index in [2.05, 4.69) is 31.3 Å². The van der Waals surface area contributed by atoms with Crippen molar-refractivity contribution in [3.05, 3.63) is 54.0 Å². The van der Waals surface area contributed by atoms with Gasteiger partial charge in [0.1, 0.15) is 12.4 Å². The number of carbonyl (C=O) groups is 1. The van der Waals surface area contributed by atoms with Gasteiger partial charge in [-0.2, -0.15) is 0 Å². The fraction of sp³-hybridized carbons (Fsp3) is 0.353. The van der Waals surface area contributed by atoms with Crippen LogP contribution in [0.4, 0.5) is 0 Å². The van der Waals surface area contributed by atoms with E-state index >= 15 is 0 Å². The molecule has 4 heteroatoms. The molecule has 0 bridgehead atoms. The average molecular weight is 287 g/mol. The molecule has 0 radical (unpaired) electrons.